The van der Waals surface area contributed by atoms with E-state index in [0.29, 0.717) is 0 Å². The minimum atomic E-state index is -0.754. The van der Waals surface area contributed by atoms with Crippen molar-refractivity contribution in [2.45, 2.75) is 0 Å². The van der Waals surface area contributed by atoms with Crippen LogP contribution in [0.1, 0.15) is 0 Å². The molecule has 0 saturated heterocycles. The van der Waals surface area contributed by atoms with Gasteiger partial charge < -0.3 is 0 Å². The summed E-state index contributed by atoms with van der Waals surface area (Å²) in [4.78, 5) is 40.7. The second-order valence-corrected chi connectivity index (χ2v) is 10.7. The summed E-state index contributed by atoms with van der Waals surface area (Å²) in [6, 6.07) is 6.47. The molecule has 12 nitrogen and oxygen atoms in total. The van der Waals surface area contributed by atoms with E-state index < -0.39 is 68.7 Å². The molecule has 2 rings (SSSR count). The molecule has 0 N–H and O–H groups in total. The third kappa shape index (κ3) is 4.37. The Morgan fingerprint density at radius 3 is 1.19 bits per heavy atom. The average molecular weight is 492 g/mol. The Hall–Kier alpha value is -2.92. The number of benzene rings is 2. The molecule has 0 aliphatic rings. The number of non-ortho nitro benzene ring substituents is 2. The number of nitro benzene ring substituents is 4. The van der Waals surface area contributed by atoms with E-state index in [9.17, 15) is 40.5 Å². The van der Waals surface area contributed by atoms with Gasteiger partial charge in [0.25, 0.3) is 0 Å². The Labute approximate surface area is 154 Å². The van der Waals surface area contributed by atoms with Crippen LogP contribution in [0.4, 0.5) is 22.7 Å². The van der Waals surface area contributed by atoms with Gasteiger partial charge in [0.2, 0.25) is 0 Å². The Balaban J connectivity index is 2.34. The topological polar surface area (TPSA) is 173 Å². The summed E-state index contributed by atoms with van der Waals surface area (Å²) in [5.74, 6) is 0. The SMILES string of the molecule is O=[N+]([O-])c1ccc([Se][Se]c2ccc([N+](=O)[O-])cc2[N+](=O)[O-])c([N+](=O)[O-])c1. The minimum absolute atomic E-state index is 0.251. The van der Waals surface area contributed by atoms with Gasteiger partial charge in [-0.25, -0.2) is 0 Å². The molecule has 0 aliphatic carbocycles. The number of hydrogen-bond donors (Lipinski definition) is 0. The van der Waals surface area contributed by atoms with Crippen molar-refractivity contribution in [1.82, 2.24) is 0 Å². The van der Waals surface area contributed by atoms with E-state index in [0.717, 1.165) is 24.3 Å². The fourth-order valence-corrected chi connectivity index (χ4v) is 8.60. The fourth-order valence-electron chi connectivity index (χ4n) is 1.75. The molecule has 2 aromatic carbocycles. The van der Waals surface area contributed by atoms with Crippen molar-refractivity contribution in [3.8, 4) is 0 Å². The van der Waals surface area contributed by atoms with Crippen LogP contribution in [0.5, 0.6) is 0 Å². The Kier molecular flexibility index (Phi) is 5.95. The van der Waals surface area contributed by atoms with Gasteiger partial charge in [-0.2, -0.15) is 0 Å². The van der Waals surface area contributed by atoms with Crippen LogP contribution in [-0.2, 0) is 0 Å². The zero-order valence-electron chi connectivity index (χ0n) is 12.3. The molecular weight excluding hydrogens is 486 g/mol. The molecular formula is C12H6N4O8Se2. The van der Waals surface area contributed by atoms with Gasteiger partial charge in [-0.1, -0.05) is 0 Å². The molecule has 0 unspecified atom stereocenters. The summed E-state index contributed by atoms with van der Waals surface area (Å²) in [6.45, 7) is 0. The predicted molar refractivity (Wildman–Crippen MR) is 90.3 cm³/mol. The van der Waals surface area contributed by atoms with Crippen LogP contribution < -0.4 is 8.92 Å². The first-order chi connectivity index (χ1) is 12.2. The predicted octanol–water partition coefficient (Wildman–Crippen LogP) is 0.594. The van der Waals surface area contributed by atoms with E-state index in [1.165, 1.54) is 12.1 Å². The number of nitrogens with zero attached hydrogens (tertiary/aromatic N) is 4. The molecule has 0 radical (unpaired) electrons. The summed E-state index contributed by atoms with van der Waals surface area (Å²) in [5.41, 5.74) is -1.70. The molecule has 14 heteroatoms. The molecule has 0 heterocycles. The molecule has 134 valence electrons. The molecule has 0 amide bonds. The number of hydrogen-bond acceptors (Lipinski definition) is 8. The van der Waals surface area contributed by atoms with Crippen molar-refractivity contribution in [2.75, 3.05) is 0 Å². The molecule has 0 aromatic heterocycles. The van der Waals surface area contributed by atoms with Gasteiger partial charge in [0.1, 0.15) is 0 Å². The standard InChI is InChI=1S/C12H6N4O8Se2/c17-13(18)7-1-3-11(9(5-7)15(21)22)25-26-12-4-2-8(14(19)20)6-10(12)16(23)24/h1-6H. The van der Waals surface area contributed by atoms with Gasteiger partial charge in [0.15, 0.2) is 0 Å². The van der Waals surface area contributed by atoms with Crippen molar-refractivity contribution in [2.24, 2.45) is 0 Å². The second kappa shape index (κ2) is 7.97. The van der Waals surface area contributed by atoms with Crippen molar-refractivity contribution in [1.29, 1.82) is 0 Å². The third-order valence-corrected chi connectivity index (χ3v) is 10.1. The van der Waals surface area contributed by atoms with Gasteiger partial charge in [-0.3, -0.25) is 0 Å². The van der Waals surface area contributed by atoms with Crippen LogP contribution in [0.15, 0.2) is 36.4 Å². The van der Waals surface area contributed by atoms with Crippen molar-refractivity contribution >= 4 is 57.9 Å². The molecule has 0 saturated carbocycles. The van der Waals surface area contributed by atoms with E-state index >= 15 is 0 Å². The van der Waals surface area contributed by atoms with Crippen LogP contribution in [0.2, 0.25) is 0 Å². The van der Waals surface area contributed by atoms with Gasteiger partial charge in [-0.15, -0.1) is 0 Å². The summed E-state index contributed by atoms with van der Waals surface area (Å²) in [6.07, 6.45) is 0. The molecule has 2 aromatic rings. The molecule has 26 heavy (non-hydrogen) atoms. The first-order valence-corrected chi connectivity index (χ1v) is 12.5. The van der Waals surface area contributed by atoms with E-state index in [1.807, 2.05) is 0 Å². The number of rotatable bonds is 7. The summed E-state index contributed by atoms with van der Waals surface area (Å²) in [5, 5.41) is 43.7. The zero-order valence-corrected chi connectivity index (χ0v) is 15.8. The van der Waals surface area contributed by atoms with Crippen molar-refractivity contribution in [3.63, 3.8) is 0 Å². The molecule has 0 fully saturated rings. The van der Waals surface area contributed by atoms with Crippen LogP contribution >= 0.6 is 0 Å². The van der Waals surface area contributed by atoms with Gasteiger partial charge in [-0.05, 0) is 0 Å². The zero-order chi connectivity index (χ0) is 19.4. The second-order valence-electron chi connectivity index (χ2n) is 4.50. The molecule has 0 aliphatic heterocycles. The molecule has 0 atom stereocenters. The van der Waals surface area contributed by atoms with Gasteiger partial charge in [0.05, 0.1) is 0 Å². The van der Waals surface area contributed by atoms with Crippen molar-refractivity contribution in [3.05, 3.63) is 76.9 Å². The Bertz CT molecular complexity index is 860. The van der Waals surface area contributed by atoms with E-state index in [1.54, 1.807) is 0 Å². The van der Waals surface area contributed by atoms with E-state index in [2.05, 4.69) is 0 Å². The third-order valence-electron chi connectivity index (χ3n) is 2.92. The van der Waals surface area contributed by atoms with Gasteiger partial charge >= 0.3 is 154 Å². The quantitative estimate of drug-likeness (QED) is 0.307. The maximum absolute atomic E-state index is 11.1. The Morgan fingerprint density at radius 1 is 0.577 bits per heavy atom. The summed E-state index contributed by atoms with van der Waals surface area (Å²) in [7, 11) is 0. The van der Waals surface area contributed by atoms with Crippen LogP contribution in [0, 0.1) is 40.5 Å². The van der Waals surface area contributed by atoms with E-state index in [-0.39, 0.29) is 8.92 Å². The summed E-state index contributed by atoms with van der Waals surface area (Å²) >= 11 is -1.18. The van der Waals surface area contributed by atoms with Crippen LogP contribution in [0.3, 0.4) is 0 Å². The Morgan fingerprint density at radius 2 is 0.923 bits per heavy atom. The first kappa shape index (κ1) is 19.4. The monoisotopic (exact) mass is 494 g/mol. The first-order valence-electron chi connectivity index (χ1n) is 6.41. The average Bonchev–Trinajstić information content (AvgIpc) is 2.59. The van der Waals surface area contributed by atoms with Crippen molar-refractivity contribution < 1.29 is 19.7 Å². The van der Waals surface area contributed by atoms with Crippen LogP contribution in [0.25, 0.3) is 0 Å². The fraction of sp³-hybridized carbons (Fsp3) is 0. The van der Waals surface area contributed by atoms with Crippen LogP contribution in [-0.4, -0.2) is 46.0 Å². The maximum atomic E-state index is 11.1. The number of nitro groups is 4. The normalized spacial score (nSPS) is 10.3. The molecule has 0 bridgehead atoms. The molecule has 0 spiro atoms. The van der Waals surface area contributed by atoms with Gasteiger partial charge in [0, 0.05) is 0 Å². The van der Waals surface area contributed by atoms with E-state index in [4.69, 9.17) is 0 Å². The summed E-state index contributed by atoms with van der Waals surface area (Å²) < 4.78 is 0.501.